The average molecular weight is 390 g/mol. The number of aryl methyl sites for hydroxylation is 1. The minimum atomic E-state index is -0.231. The maximum Gasteiger partial charge on any atom is 0.270 e. The molecule has 0 aliphatic rings. The van der Waals surface area contributed by atoms with Crippen molar-refractivity contribution in [1.29, 1.82) is 0 Å². The van der Waals surface area contributed by atoms with E-state index >= 15 is 0 Å². The molecule has 6 heteroatoms. The van der Waals surface area contributed by atoms with Gasteiger partial charge in [-0.1, -0.05) is 60.2 Å². The molecule has 0 saturated carbocycles. The van der Waals surface area contributed by atoms with E-state index in [1.54, 1.807) is 13.2 Å². The van der Waals surface area contributed by atoms with Crippen LogP contribution < -0.4 is 10.6 Å². The first-order valence-electron chi connectivity index (χ1n) is 9.67. The predicted molar refractivity (Wildman–Crippen MR) is 115 cm³/mol. The Labute approximate surface area is 171 Å². The maximum absolute atomic E-state index is 12.8. The van der Waals surface area contributed by atoms with Crippen LogP contribution in [0, 0.1) is 6.92 Å². The fraction of sp³-hybridized carbons (Fsp3) is 0.261. The molecule has 3 rings (SSSR count). The number of anilines is 1. The van der Waals surface area contributed by atoms with Crippen LogP contribution in [-0.2, 0) is 11.3 Å². The van der Waals surface area contributed by atoms with E-state index in [1.807, 2.05) is 55.5 Å². The van der Waals surface area contributed by atoms with Crippen LogP contribution >= 0.6 is 0 Å². The van der Waals surface area contributed by atoms with E-state index < -0.39 is 0 Å². The molecule has 29 heavy (non-hydrogen) atoms. The molecule has 6 nitrogen and oxygen atoms in total. The zero-order chi connectivity index (χ0) is 20.5. The summed E-state index contributed by atoms with van der Waals surface area (Å²) in [5.74, 6) is 0.907. The number of aromatic nitrogens is 2. The summed E-state index contributed by atoms with van der Waals surface area (Å²) < 4.78 is 5.08. The van der Waals surface area contributed by atoms with Gasteiger partial charge in [0.1, 0.15) is 11.5 Å². The lowest BCUT2D eigenvalue weighted by Gasteiger charge is -2.11. The number of hydrogen-bond donors (Lipinski definition) is 2. The van der Waals surface area contributed by atoms with E-state index in [4.69, 9.17) is 4.74 Å². The van der Waals surface area contributed by atoms with E-state index in [0.717, 1.165) is 23.1 Å². The molecule has 2 aromatic carbocycles. The van der Waals surface area contributed by atoms with Crippen LogP contribution in [0.5, 0.6) is 0 Å². The highest BCUT2D eigenvalue weighted by Gasteiger charge is 2.13. The molecule has 0 aliphatic heterocycles. The van der Waals surface area contributed by atoms with E-state index in [1.165, 1.54) is 0 Å². The van der Waals surface area contributed by atoms with Crippen LogP contribution in [0.15, 0.2) is 60.7 Å². The van der Waals surface area contributed by atoms with Gasteiger partial charge < -0.3 is 15.4 Å². The number of nitrogens with one attached hydrogen (secondary N) is 2. The SMILES string of the molecule is COCCCNc1cc(C(=O)NCc2cccc(C)c2)nc(-c2ccccc2)n1. The number of ether oxygens (including phenoxy) is 1. The minimum absolute atomic E-state index is 0.231. The average Bonchev–Trinajstić information content (AvgIpc) is 2.75. The molecule has 0 saturated heterocycles. The number of nitrogens with zero attached hydrogens (tertiary/aromatic N) is 2. The van der Waals surface area contributed by atoms with Crippen LogP contribution in [-0.4, -0.2) is 36.1 Å². The smallest absolute Gasteiger partial charge is 0.270 e. The lowest BCUT2D eigenvalue weighted by molar-refractivity contribution is 0.0946. The first kappa shape index (κ1) is 20.5. The van der Waals surface area contributed by atoms with Crippen molar-refractivity contribution in [1.82, 2.24) is 15.3 Å². The summed E-state index contributed by atoms with van der Waals surface area (Å²) >= 11 is 0. The van der Waals surface area contributed by atoms with Crippen molar-refractivity contribution in [2.75, 3.05) is 25.6 Å². The lowest BCUT2D eigenvalue weighted by atomic mass is 10.1. The third-order valence-corrected chi connectivity index (χ3v) is 4.36. The zero-order valence-corrected chi connectivity index (χ0v) is 16.8. The third kappa shape index (κ3) is 6.12. The van der Waals surface area contributed by atoms with Crippen LogP contribution in [0.2, 0.25) is 0 Å². The van der Waals surface area contributed by atoms with Gasteiger partial charge in [-0.15, -0.1) is 0 Å². The number of benzene rings is 2. The van der Waals surface area contributed by atoms with Gasteiger partial charge in [0, 0.05) is 38.4 Å². The van der Waals surface area contributed by atoms with Gasteiger partial charge in [0.15, 0.2) is 5.82 Å². The number of rotatable bonds is 9. The van der Waals surface area contributed by atoms with E-state index in [9.17, 15) is 4.79 Å². The Kier molecular flexibility index (Phi) is 7.30. The highest BCUT2D eigenvalue weighted by atomic mass is 16.5. The van der Waals surface area contributed by atoms with Gasteiger partial charge in [0.25, 0.3) is 5.91 Å². The van der Waals surface area contributed by atoms with Crippen molar-refractivity contribution in [3.8, 4) is 11.4 Å². The normalized spacial score (nSPS) is 10.6. The van der Waals surface area contributed by atoms with Crippen LogP contribution in [0.3, 0.4) is 0 Å². The fourth-order valence-corrected chi connectivity index (χ4v) is 2.90. The van der Waals surface area contributed by atoms with E-state index in [0.29, 0.717) is 37.0 Å². The maximum atomic E-state index is 12.8. The van der Waals surface area contributed by atoms with Crippen molar-refractivity contribution in [2.45, 2.75) is 19.9 Å². The van der Waals surface area contributed by atoms with Crippen LogP contribution in [0.1, 0.15) is 28.0 Å². The van der Waals surface area contributed by atoms with E-state index in [-0.39, 0.29) is 5.91 Å². The molecule has 0 unspecified atom stereocenters. The van der Waals surface area contributed by atoms with Gasteiger partial charge in [-0.2, -0.15) is 0 Å². The monoisotopic (exact) mass is 390 g/mol. The number of carbonyl (C=O) groups is 1. The largest absolute Gasteiger partial charge is 0.385 e. The van der Waals surface area contributed by atoms with Gasteiger partial charge in [-0.05, 0) is 18.9 Å². The first-order chi connectivity index (χ1) is 14.2. The van der Waals surface area contributed by atoms with Crippen LogP contribution in [0.4, 0.5) is 5.82 Å². The van der Waals surface area contributed by atoms with Gasteiger partial charge >= 0.3 is 0 Å². The summed E-state index contributed by atoms with van der Waals surface area (Å²) in [4.78, 5) is 21.8. The fourth-order valence-electron chi connectivity index (χ4n) is 2.90. The molecule has 2 N–H and O–H groups in total. The molecule has 3 aromatic rings. The van der Waals surface area contributed by atoms with Crippen LogP contribution in [0.25, 0.3) is 11.4 Å². The van der Waals surface area contributed by atoms with Gasteiger partial charge in [-0.25, -0.2) is 9.97 Å². The molecule has 0 spiro atoms. The number of methoxy groups -OCH3 is 1. The zero-order valence-electron chi connectivity index (χ0n) is 16.8. The topological polar surface area (TPSA) is 76.1 Å². The molecule has 0 fully saturated rings. The summed E-state index contributed by atoms with van der Waals surface area (Å²) in [6.45, 7) is 3.84. The van der Waals surface area contributed by atoms with Crippen molar-refractivity contribution in [3.05, 3.63) is 77.5 Å². The molecular formula is C23H26N4O2. The Balaban J connectivity index is 1.78. The molecule has 1 heterocycles. The highest BCUT2D eigenvalue weighted by molar-refractivity contribution is 5.93. The Hall–Kier alpha value is -3.25. The van der Waals surface area contributed by atoms with Gasteiger partial charge in [-0.3, -0.25) is 4.79 Å². The quantitative estimate of drug-likeness (QED) is 0.543. The van der Waals surface area contributed by atoms with Crippen molar-refractivity contribution in [2.24, 2.45) is 0 Å². The molecule has 0 aliphatic carbocycles. The second-order valence-corrected chi connectivity index (χ2v) is 6.77. The molecule has 0 atom stereocenters. The van der Waals surface area contributed by atoms with Gasteiger partial charge in [0.05, 0.1) is 0 Å². The first-order valence-corrected chi connectivity index (χ1v) is 9.67. The number of carbonyl (C=O) groups excluding carboxylic acids is 1. The lowest BCUT2D eigenvalue weighted by Crippen LogP contribution is -2.24. The van der Waals surface area contributed by atoms with Crippen molar-refractivity contribution in [3.63, 3.8) is 0 Å². The second-order valence-electron chi connectivity index (χ2n) is 6.77. The summed E-state index contributed by atoms with van der Waals surface area (Å²) in [7, 11) is 1.68. The molecule has 1 amide bonds. The molecule has 150 valence electrons. The predicted octanol–water partition coefficient (Wildman–Crippen LogP) is 3.83. The number of hydrogen-bond acceptors (Lipinski definition) is 5. The Bertz CT molecular complexity index is 945. The second kappa shape index (κ2) is 10.3. The summed E-state index contributed by atoms with van der Waals surface area (Å²) in [6, 6.07) is 19.4. The highest BCUT2D eigenvalue weighted by Crippen LogP contribution is 2.18. The summed E-state index contributed by atoms with van der Waals surface area (Å²) in [6.07, 6.45) is 0.843. The van der Waals surface area contributed by atoms with Crippen molar-refractivity contribution >= 4 is 11.7 Å². The van der Waals surface area contributed by atoms with E-state index in [2.05, 4.69) is 26.7 Å². The molecule has 0 bridgehead atoms. The molecule has 0 radical (unpaired) electrons. The summed E-state index contributed by atoms with van der Waals surface area (Å²) in [5.41, 5.74) is 3.41. The minimum Gasteiger partial charge on any atom is -0.385 e. The Morgan fingerprint density at radius 2 is 1.86 bits per heavy atom. The summed E-state index contributed by atoms with van der Waals surface area (Å²) in [5, 5.41) is 6.20. The van der Waals surface area contributed by atoms with Gasteiger partial charge in [0.2, 0.25) is 0 Å². The van der Waals surface area contributed by atoms with Crippen molar-refractivity contribution < 1.29 is 9.53 Å². The number of amides is 1. The molecular weight excluding hydrogens is 364 g/mol. The third-order valence-electron chi connectivity index (χ3n) is 4.36. The Morgan fingerprint density at radius 1 is 1.03 bits per heavy atom. The molecule has 1 aromatic heterocycles. The Morgan fingerprint density at radius 3 is 2.62 bits per heavy atom. The standard InChI is InChI=1S/C23H26N4O2/c1-17-8-6-9-18(14-17)16-25-23(28)20-15-21(24-12-7-13-29-2)27-22(26-20)19-10-4-3-5-11-19/h3-6,8-11,14-15H,7,12-13,16H2,1-2H3,(H,25,28)(H,24,26,27).